The number of hydrogen-bond donors (Lipinski definition) is 0. The number of hydrogen-bond acceptors (Lipinski definition) is 2. The van der Waals surface area contributed by atoms with Crippen molar-refractivity contribution in [3.05, 3.63) is 197 Å². The van der Waals surface area contributed by atoms with Crippen LogP contribution in [0.5, 0.6) is 0 Å². The SMILES string of the molecule is O=c1c2cc(-c3cccc(-c4ccc5c(c4)c4ccccc4n5-c4ccccc4)c3)ccc2n(-c2ccccc2)c(=O)n1-c1ccccc1. The monoisotopic (exact) mass is 631 g/mol. The van der Waals surface area contributed by atoms with Gasteiger partial charge in [0.25, 0.3) is 5.56 Å². The Morgan fingerprint density at radius 3 is 1.37 bits per heavy atom. The highest BCUT2D eigenvalue weighted by molar-refractivity contribution is 6.10. The maximum Gasteiger partial charge on any atom is 0.340 e. The summed E-state index contributed by atoms with van der Waals surface area (Å²) in [5.41, 5.74) is 8.54. The summed E-state index contributed by atoms with van der Waals surface area (Å²) < 4.78 is 5.19. The third kappa shape index (κ3) is 4.71. The van der Waals surface area contributed by atoms with Crippen molar-refractivity contribution in [1.82, 2.24) is 13.7 Å². The fourth-order valence-corrected chi connectivity index (χ4v) is 7.01. The third-order valence-corrected chi connectivity index (χ3v) is 9.30. The lowest BCUT2D eigenvalue weighted by molar-refractivity contribution is 0.835. The second-order valence-corrected chi connectivity index (χ2v) is 12.2. The highest BCUT2D eigenvalue weighted by atomic mass is 16.2. The summed E-state index contributed by atoms with van der Waals surface area (Å²) in [6.07, 6.45) is 0. The van der Waals surface area contributed by atoms with E-state index in [1.807, 2.05) is 72.8 Å². The molecule has 0 bridgehead atoms. The van der Waals surface area contributed by atoms with E-state index in [1.54, 1.807) is 16.7 Å². The minimum Gasteiger partial charge on any atom is -0.309 e. The number of nitrogens with zero attached hydrogens (tertiary/aromatic N) is 3. The zero-order chi connectivity index (χ0) is 32.9. The summed E-state index contributed by atoms with van der Waals surface area (Å²) in [6.45, 7) is 0. The van der Waals surface area contributed by atoms with E-state index in [0.717, 1.165) is 33.5 Å². The van der Waals surface area contributed by atoms with Crippen molar-refractivity contribution >= 4 is 32.7 Å². The van der Waals surface area contributed by atoms with Crippen LogP contribution in [0.1, 0.15) is 0 Å². The standard InChI is InChI=1S/C44H29N3O2/c48-43-39-29-33(24-26-42(39)46(35-17-6-2-7-18-35)44(49)47(43)36-19-8-3-9-20-36)31-14-12-13-30(27-31)32-23-25-41-38(28-32)37-21-10-11-22-40(37)45(41)34-15-4-1-5-16-34/h1-29H. The minimum atomic E-state index is -0.409. The van der Waals surface area contributed by atoms with Crippen LogP contribution < -0.4 is 11.2 Å². The Morgan fingerprint density at radius 2 is 0.755 bits per heavy atom. The lowest BCUT2D eigenvalue weighted by Gasteiger charge is -2.15. The van der Waals surface area contributed by atoms with Gasteiger partial charge < -0.3 is 4.57 Å². The van der Waals surface area contributed by atoms with E-state index in [2.05, 4.69) is 95.6 Å². The van der Waals surface area contributed by atoms with E-state index in [9.17, 15) is 9.59 Å². The van der Waals surface area contributed by atoms with Crippen molar-refractivity contribution in [2.75, 3.05) is 0 Å². The number of aromatic nitrogens is 3. The Balaban J connectivity index is 1.20. The van der Waals surface area contributed by atoms with Gasteiger partial charge in [-0.05, 0) is 95.1 Å². The van der Waals surface area contributed by atoms with Crippen molar-refractivity contribution in [2.45, 2.75) is 0 Å². The zero-order valence-electron chi connectivity index (χ0n) is 26.4. The Labute approximate surface area is 281 Å². The van der Waals surface area contributed by atoms with Crippen LogP contribution in [0, 0.1) is 0 Å². The summed E-state index contributed by atoms with van der Waals surface area (Å²) in [4.78, 5) is 28.0. The van der Waals surface area contributed by atoms with E-state index in [1.165, 1.54) is 20.9 Å². The first kappa shape index (κ1) is 28.5. The zero-order valence-corrected chi connectivity index (χ0v) is 26.4. The Hall–Kier alpha value is -6.72. The average Bonchev–Trinajstić information content (AvgIpc) is 3.50. The van der Waals surface area contributed by atoms with Crippen LogP contribution in [-0.4, -0.2) is 13.7 Å². The summed E-state index contributed by atoms with van der Waals surface area (Å²) in [6, 6.07) is 58.4. The highest BCUT2D eigenvalue weighted by Crippen LogP contribution is 2.36. The molecule has 9 rings (SSSR count). The van der Waals surface area contributed by atoms with Gasteiger partial charge in [0.05, 0.1) is 33.3 Å². The van der Waals surface area contributed by atoms with E-state index in [-0.39, 0.29) is 5.56 Å². The molecule has 2 heterocycles. The molecule has 7 aromatic carbocycles. The molecule has 0 N–H and O–H groups in total. The molecule has 5 heteroatoms. The predicted molar refractivity (Wildman–Crippen MR) is 200 cm³/mol. The first-order valence-electron chi connectivity index (χ1n) is 16.3. The number of fused-ring (bicyclic) bond motifs is 4. The van der Waals surface area contributed by atoms with Gasteiger partial charge >= 0.3 is 5.69 Å². The Bertz CT molecular complexity index is 2800. The fourth-order valence-electron chi connectivity index (χ4n) is 7.01. The van der Waals surface area contributed by atoms with Gasteiger partial charge in [-0.25, -0.2) is 9.36 Å². The van der Waals surface area contributed by atoms with Crippen LogP contribution >= 0.6 is 0 Å². The van der Waals surface area contributed by atoms with Gasteiger partial charge in [-0.1, -0.05) is 103 Å². The van der Waals surface area contributed by atoms with Gasteiger partial charge in [0, 0.05) is 16.5 Å². The first-order chi connectivity index (χ1) is 24.2. The first-order valence-corrected chi connectivity index (χ1v) is 16.3. The second-order valence-electron chi connectivity index (χ2n) is 12.2. The third-order valence-electron chi connectivity index (χ3n) is 9.30. The molecular formula is C44H29N3O2. The van der Waals surface area contributed by atoms with Crippen molar-refractivity contribution in [2.24, 2.45) is 0 Å². The number of benzene rings is 7. The fraction of sp³-hybridized carbons (Fsp3) is 0. The van der Waals surface area contributed by atoms with Crippen LogP contribution in [0.3, 0.4) is 0 Å². The molecular weight excluding hydrogens is 603 g/mol. The van der Waals surface area contributed by atoms with Crippen molar-refractivity contribution < 1.29 is 0 Å². The topological polar surface area (TPSA) is 48.9 Å². The van der Waals surface area contributed by atoms with E-state index in [4.69, 9.17) is 0 Å². The molecule has 0 atom stereocenters. The van der Waals surface area contributed by atoms with Gasteiger partial charge in [0.2, 0.25) is 0 Å². The van der Waals surface area contributed by atoms with E-state index in [0.29, 0.717) is 22.3 Å². The molecule has 0 aliphatic rings. The minimum absolute atomic E-state index is 0.350. The Morgan fingerprint density at radius 1 is 0.306 bits per heavy atom. The molecule has 0 fully saturated rings. The van der Waals surface area contributed by atoms with Crippen molar-refractivity contribution in [1.29, 1.82) is 0 Å². The molecule has 0 amide bonds. The molecule has 0 saturated heterocycles. The summed E-state index contributed by atoms with van der Waals surface area (Å²) in [7, 11) is 0. The second kappa shape index (κ2) is 11.5. The molecule has 0 radical (unpaired) electrons. The molecule has 2 aromatic heterocycles. The molecule has 0 aliphatic heterocycles. The molecule has 5 nitrogen and oxygen atoms in total. The highest BCUT2D eigenvalue weighted by Gasteiger charge is 2.17. The van der Waals surface area contributed by atoms with Crippen LogP contribution in [0.15, 0.2) is 186 Å². The Kier molecular flexibility index (Phi) is 6.69. The van der Waals surface area contributed by atoms with Crippen molar-refractivity contribution in [3.8, 4) is 39.3 Å². The lowest BCUT2D eigenvalue weighted by atomic mass is 9.97. The van der Waals surface area contributed by atoms with Gasteiger partial charge in [-0.3, -0.25) is 9.36 Å². The molecule has 0 saturated carbocycles. The molecule has 9 aromatic rings. The number of para-hydroxylation sites is 4. The largest absolute Gasteiger partial charge is 0.340 e. The van der Waals surface area contributed by atoms with E-state index < -0.39 is 5.69 Å². The van der Waals surface area contributed by atoms with Gasteiger partial charge in [0.1, 0.15) is 0 Å². The smallest absolute Gasteiger partial charge is 0.309 e. The van der Waals surface area contributed by atoms with Gasteiger partial charge in [0.15, 0.2) is 0 Å². The van der Waals surface area contributed by atoms with Crippen LogP contribution in [0.25, 0.3) is 72.0 Å². The average molecular weight is 632 g/mol. The number of rotatable bonds is 5. The molecule has 0 unspecified atom stereocenters. The summed E-state index contributed by atoms with van der Waals surface area (Å²) >= 11 is 0. The predicted octanol–water partition coefficient (Wildman–Crippen LogP) is 9.57. The van der Waals surface area contributed by atoms with Crippen LogP contribution in [0.4, 0.5) is 0 Å². The maximum absolute atomic E-state index is 14.1. The quantitative estimate of drug-likeness (QED) is 0.190. The summed E-state index contributed by atoms with van der Waals surface area (Å²) in [5, 5.41) is 2.85. The molecule has 0 aliphatic carbocycles. The maximum atomic E-state index is 14.1. The molecule has 0 spiro atoms. The van der Waals surface area contributed by atoms with Crippen LogP contribution in [-0.2, 0) is 0 Å². The van der Waals surface area contributed by atoms with Gasteiger partial charge in [-0.15, -0.1) is 0 Å². The van der Waals surface area contributed by atoms with E-state index >= 15 is 0 Å². The lowest BCUT2D eigenvalue weighted by Crippen LogP contribution is -2.38. The molecule has 49 heavy (non-hydrogen) atoms. The molecule has 232 valence electrons. The normalized spacial score (nSPS) is 11.4. The van der Waals surface area contributed by atoms with Crippen molar-refractivity contribution in [3.63, 3.8) is 0 Å². The summed E-state index contributed by atoms with van der Waals surface area (Å²) in [5.74, 6) is 0. The van der Waals surface area contributed by atoms with Gasteiger partial charge in [-0.2, -0.15) is 0 Å². The van der Waals surface area contributed by atoms with Crippen LogP contribution in [0.2, 0.25) is 0 Å².